The fourth-order valence-electron chi connectivity index (χ4n) is 3.71. The van der Waals surface area contributed by atoms with Crippen LogP contribution in [0.2, 0.25) is 29.7 Å². The highest BCUT2D eigenvalue weighted by Crippen LogP contribution is 2.34. The number of ether oxygens (including phenoxy) is 2. The minimum absolute atomic E-state index is 0.00696. The molecule has 34 heavy (non-hydrogen) atoms. The average Bonchev–Trinajstić information content (AvgIpc) is 2.78. The van der Waals surface area contributed by atoms with E-state index in [9.17, 15) is 5.21 Å². The maximum Gasteiger partial charge on any atom is 0.140 e. The van der Waals surface area contributed by atoms with E-state index in [1.165, 1.54) is 13.2 Å². The predicted octanol–water partition coefficient (Wildman–Crippen LogP) is 7.05. The van der Waals surface area contributed by atoms with Gasteiger partial charge in [-0.2, -0.15) is 0 Å². The van der Waals surface area contributed by atoms with Gasteiger partial charge in [0.2, 0.25) is 0 Å². The van der Waals surface area contributed by atoms with Gasteiger partial charge in [0, 0.05) is 16.8 Å². The van der Waals surface area contributed by atoms with E-state index in [1.807, 2.05) is 26.6 Å². The molecular weight excluding hydrogens is 494 g/mol. The van der Waals surface area contributed by atoms with Crippen LogP contribution in [-0.2, 0) is 6.42 Å². The summed E-state index contributed by atoms with van der Waals surface area (Å²) in [5.41, 5.74) is 1.07. The van der Waals surface area contributed by atoms with Crippen molar-refractivity contribution in [1.29, 1.82) is 0 Å². The molecule has 1 heterocycles. The fraction of sp³-hybridized carbons (Fsp3) is 0.280. The zero-order chi connectivity index (χ0) is 25.0. The molecule has 0 saturated heterocycles. The largest absolute Gasteiger partial charge is 0.495 e. The van der Waals surface area contributed by atoms with Crippen molar-refractivity contribution >= 4 is 42.2 Å². The summed E-state index contributed by atoms with van der Waals surface area (Å²) in [6.45, 7) is 7.96. The van der Waals surface area contributed by atoms with Crippen molar-refractivity contribution in [2.24, 2.45) is 5.16 Å². The molecule has 180 valence electrons. The normalized spacial score (nSPS) is 12.1. The van der Waals surface area contributed by atoms with Gasteiger partial charge in [-0.15, -0.1) is 0 Å². The van der Waals surface area contributed by atoms with Crippen LogP contribution in [0, 0.1) is 5.82 Å². The van der Waals surface area contributed by atoms with Crippen LogP contribution in [-0.4, -0.2) is 31.1 Å². The van der Waals surface area contributed by atoms with Crippen molar-refractivity contribution < 1.29 is 19.1 Å². The van der Waals surface area contributed by atoms with Crippen LogP contribution in [0.25, 0.3) is 0 Å². The van der Waals surface area contributed by atoms with E-state index in [2.05, 4.69) is 10.1 Å². The lowest BCUT2D eigenvalue weighted by Crippen LogP contribution is -2.42. The molecule has 0 fully saturated rings. The van der Waals surface area contributed by atoms with Crippen LogP contribution in [0.3, 0.4) is 0 Å². The van der Waals surface area contributed by atoms with E-state index in [1.54, 1.807) is 36.5 Å². The van der Waals surface area contributed by atoms with Crippen molar-refractivity contribution in [3.8, 4) is 17.2 Å². The second-order valence-electron chi connectivity index (χ2n) is 8.76. The number of pyridine rings is 1. The Balaban J connectivity index is 2.28. The molecule has 0 atom stereocenters. The molecule has 9 heteroatoms. The summed E-state index contributed by atoms with van der Waals surface area (Å²) in [5, 5.41) is 14.9. The lowest BCUT2D eigenvalue weighted by atomic mass is 9.97. The number of oxime groups is 1. The number of methoxy groups -OCH3 is 1. The molecule has 3 rings (SSSR count). The first kappa shape index (κ1) is 26.0. The van der Waals surface area contributed by atoms with Gasteiger partial charge in [-0.05, 0) is 48.0 Å². The molecule has 0 saturated carbocycles. The SMILES string of the molecule is CCCc1nccc(Oc2ccc(Cl)cc2)c1/C(=N\O)c1cc(OC)c(Cl)c([Si](C)(C)C)c1F. The molecule has 0 bridgehead atoms. The average molecular weight is 521 g/mol. The number of nitrogens with zero attached hydrogens (tertiary/aromatic N) is 2. The van der Waals surface area contributed by atoms with Crippen molar-refractivity contribution in [3.05, 3.63) is 75.3 Å². The molecule has 1 N–H and O–H groups in total. The van der Waals surface area contributed by atoms with E-state index in [0.29, 0.717) is 45.1 Å². The van der Waals surface area contributed by atoms with Crippen LogP contribution in [0.1, 0.15) is 30.2 Å². The maximum atomic E-state index is 16.0. The molecule has 0 radical (unpaired) electrons. The Labute approximate surface area is 210 Å². The first-order valence-electron chi connectivity index (χ1n) is 10.8. The van der Waals surface area contributed by atoms with Crippen molar-refractivity contribution in [2.45, 2.75) is 39.4 Å². The van der Waals surface area contributed by atoms with Crippen molar-refractivity contribution in [2.75, 3.05) is 7.11 Å². The molecule has 0 unspecified atom stereocenters. The zero-order valence-corrected chi connectivity index (χ0v) is 22.3. The monoisotopic (exact) mass is 520 g/mol. The van der Waals surface area contributed by atoms with Gasteiger partial charge in [0.15, 0.2) is 0 Å². The third-order valence-electron chi connectivity index (χ3n) is 5.25. The number of benzene rings is 2. The lowest BCUT2D eigenvalue weighted by Gasteiger charge is -2.23. The van der Waals surface area contributed by atoms with E-state index in [4.69, 9.17) is 32.7 Å². The second kappa shape index (κ2) is 10.8. The molecule has 0 aliphatic carbocycles. The number of rotatable bonds is 8. The van der Waals surface area contributed by atoms with Crippen LogP contribution < -0.4 is 14.7 Å². The Morgan fingerprint density at radius 2 is 1.79 bits per heavy atom. The number of hydrogen-bond acceptors (Lipinski definition) is 5. The molecule has 0 aliphatic heterocycles. The highest BCUT2D eigenvalue weighted by Gasteiger charge is 2.32. The summed E-state index contributed by atoms with van der Waals surface area (Å²) in [6.07, 6.45) is 2.95. The van der Waals surface area contributed by atoms with E-state index >= 15 is 4.39 Å². The highest BCUT2D eigenvalue weighted by molar-refractivity contribution is 6.90. The molecule has 0 amide bonds. The van der Waals surface area contributed by atoms with Gasteiger partial charge in [0.1, 0.15) is 28.8 Å². The number of halogens is 3. The Kier molecular flexibility index (Phi) is 8.23. The second-order valence-corrected chi connectivity index (χ2v) is 14.6. The highest BCUT2D eigenvalue weighted by atomic mass is 35.5. The van der Waals surface area contributed by atoms with Gasteiger partial charge >= 0.3 is 0 Å². The van der Waals surface area contributed by atoms with Crippen LogP contribution in [0.5, 0.6) is 17.2 Å². The Morgan fingerprint density at radius 1 is 1.12 bits per heavy atom. The molecule has 0 spiro atoms. The minimum atomic E-state index is -2.25. The minimum Gasteiger partial charge on any atom is -0.495 e. The summed E-state index contributed by atoms with van der Waals surface area (Å²) in [5.74, 6) is 0.657. The summed E-state index contributed by atoms with van der Waals surface area (Å²) >= 11 is 12.5. The van der Waals surface area contributed by atoms with E-state index < -0.39 is 13.9 Å². The summed E-state index contributed by atoms with van der Waals surface area (Å²) < 4.78 is 27.6. The molecule has 3 aromatic rings. The van der Waals surface area contributed by atoms with Gasteiger partial charge in [0.05, 0.1) is 31.5 Å². The predicted molar refractivity (Wildman–Crippen MR) is 138 cm³/mol. The topological polar surface area (TPSA) is 63.9 Å². The Bertz CT molecular complexity index is 1210. The summed E-state index contributed by atoms with van der Waals surface area (Å²) in [7, 11) is -0.786. The molecule has 5 nitrogen and oxygen atoms in total. The summed E-state index contributed by atoms with van der Waals surface area (Å²) in [4.78, 5) is 4.48. The molecule has 1 aromatic heterocycles. The van der Waals surface area contributed by atoms with Gasteiger partial charge in [-0.1, -0.05) is 61.3 Å². The van der Waals surface area contributed by atoms with Crippen molar-refractivity contribution in [1.82, 2.24) is 4.98 Å². The van der Waals surface area contributed by atoms with Gasteiger partial charge in [-0.3, -0.25) is 4.98 Å². The lowest BCUT2D eigenvalue weighted by molar-refractivity contribution is 0.319. The van der Waals surface area contributed by atoms with E-state index in [-0.39, 0.29) is 16.3 Å². The first-order valence-corrected chi connectivity index (χ1v) is 15.1. The fourth-order valence-corrected chi connectivity index (χ4v) is 6.48. The van der Waals surface area contributed by atoms with Gasteiger partial charge in [-0.25, -0.2) is 4.39 Å². The smallest absolute Gasteiger partial charge is 0.140 e. The van der Waals surface area contributed by atoms with E-state index in [0.717, 1.165) is 6.42 Å². The third kappa shape index (κ3) is 5.37. The third-order valence-corrected chi connectivity index (χ3v) is 8.00. The van der Waals surface area contributed by atoms with Gasteiger partial charge in [0.25, 0.3) is 0 Å². The van der Waals surface area contributed by atoms with Crippen LogP contribution >= 0.6 is 23.2 Å². The standard InChI is InChI=1S/C25H27Cl2FN2O3Si/c1-6-7-18-21(19(12-13-29-18)33-16-10-8-15(26)9-11-16)24(30-31)17-14-20(32-2)22(27)25(23(17)28)34(3,4)5/h8-14,31H,6-7H2,1-5H3/b30-24-. The van der Waals surface area contributed by atoms with Crippen LogP contribution in [0.15, 0.2) is 47.8 Å². The Morgan fingerprint density at radius 3 is 2.35 bits per heavy atom. The first-order chi connectivity index (χ1) is 16.1. The Hall–Kier alpha value is -2.61. The number of aryl methyl sites for hydroxylation is 1. The molecule has 0 aliphatic rings. The van der Waals surface area contributed by atoms with Gasteiger partial charge < -0.3 is 14.7 Å². The van der Waals surface area contributed by atoms with Crippen molar-refractivity contribution in [3.63, 3.8) is 0 Å². The molecular formula is C25H27Cl2FN2O3Si. The number of aromatic nitrogens is 1. The van der Waals surface area contributed by atoms with Crippen LogP contribution in [0.4, 0.5) is 4.39 Å². The summed E-state index contributed by atoms with van der Waals surface area (Å²) in [6, 6.07) is 9.95. The molecule has 2 aromatic carbocycles. The maximum absolute atomic E-state index is 16.0. The quantitative estimate of drug-likeness (QED) is 0.149. The number of hydrogen-bond donors (Lipinski definition) is 1. The zero-order valence-electron chi connectivity index (χ0n) is 19.7.